The Balaban J connectivity index is 2.01. The summed E-state index contributed by atoms with van der Waals surface area (Å²) in [5, 5.41) is 0.633. The van der Waals surface area contributed by atoms with E-state index >= 15 is 0 Å². The predicted molar refractivity (Wildman–Crippen MR) is 75.2 cm³/mol. The Morgan fingerprint density at radius 1 is 1.05 bits per heavy atom. The first-order chi connectivity index (χ1) is 9.06. The average Bonchev–Trinajstić information content (AvgIpc) is 2.69. The van der Waals surface area contributed by atoms with E-state index in [-0.39, 0.29) is 0 Å². The van der Waals surface area contributed by atoms with Gasteiger partial charge in [-0.3, -0.25) is 4.31 Å². The topological polar surface area (TPSA) is 3.24 Å². The minimum absolute atomic E-state index is 0.610. The molecule has 0 atom stereocenters. The average molecular weight is 296 g/mol. The van der Waals surface area contributed by atoms with Crippen LogP contribution in [-0.4, -0.2) is 0 Å². The van der Waals surface area contributed by atoms with E-state index in [0.29, 0.717) is 21.2 Å². The molecule has 1 aliphatic heterocycles. The third-order valence-electron chi connectivity index (χ3n) is 2.83. The second-order valence-corrected chi connectivity index (χ2v) is 5.50. The fourth-order valence-electron chi connectivity index (χ4n) is 1.88. The van der Waals surface area contributed by atoms with Crippen molar-refractivity contribution >= 4 is 34.9 Å². The Bertz CT molecular complexity index is 670. The molecule has 5 heteroatoms. The summed E-state index contributed by atoms with van der Waals surface area (Å²) in [5.74, 6) is -1.71. The molecule has 0 fully saturated rings. The van der Waals surface area contributed by atoms with Crippen molar-refractivity contribution in [3.63, 3.8) is 0 Å². The molecule has 3 rings (SSSR count). The van der Waals surface area contributed by atoms with Gasteiger partial charge in [0, 0.05) is 15.5 Å². The zero-order valence-corrected chi connectivity index (χ0v) is 11.2. The van der Waals surface area contributed by atoms with E-state index < -0.39 is 11.6 Å². The Kier molecular flexibility index (Phi) is 2.99. The molecule has 19 heavy (non-hydrogen) atoms. The van der Waals surface area contributed by atoms with Crippen LogP contribution in [0.15, 0.2) is 47.9 Å². The largest absolute Gasteiger partial charge is 0.280 e. The molecule has 0 spiro atoms. The van der Waals surface area contributed by atoms with Gasteiger partial charge in [-0.15, -0.1) is 0 Å². The lowest BCUT2D eigenvalue weighted by Crippen LogP contribution is -2.05. The predicted octanol–water partition coefficient (Wildman–Crippen LogP) is 5.12. The minimum Gasteiger partial charge on any atom is -0.280 e. The normalized spacial score (nSPS) is 13.8. The number of rotatable bonds is 1. The maximum atomic E-state index is 13.3. The molecule has 0 aromatic heterocycles. The fraction of sp³-hybridized carbons (Fsp3) is 0. The van der Waals surface area contributed by atoms with E-state index in [2.05, 4.69) is 6.58 Å². The quantitative estimate of drug-likeness (QED) is 0.672. The summed E-state index contributed by atoms with van der Waals surface area (Å²) in [4.78, 5) is 0.652. The zero-order chi connectivity index (χ0) is 13.6. The molecule has 0 amide bonds. The Hall–Kier alpha value is -1.52. The first kappa shape index (κ1) is 12.5. The molecule has 2 aromatic carbocycles. The third kappa shape index (κ3) is 2.11. The monoisotopic (exact) mass is 295 g/mol. The number of halogens is 3. The molecule has 0 radical (unpaired) electrons. The molecule has 0 unspecified atom stereocenters. The van der Waals surface area contributed by atoms with Gasteiger partial charge in [0.1, 0.15) is 0 Å². The van der Waals surface area contributed by atoms with Crippen molar-refractivity contribution in [2.75, 3.05) is 4.31 Å². The lowest BCUT2D eigenvalue weighted by atomic mass is 10.1. The van der Waals surface area contributed by atoms with E-state index in [9.17, 15) is 8.78 Å². The van der Waals surface area contributed by atoms with Crippen LogP contribution >= 0.6 is 23.5 Å². The molecule has 0 saturated heterocycles. The van der Waals surface area contributed by atoms with Gasteiger partial charge in [0.25, 0.3) is 0 Å². The van der Waals surface area contributed by atoms with E-state index in [0.717, 1.165) is 5.69 Å². The molecular formula is C14H8ClF2NS. The fourth-order valence-corrected chi connectivity index (χ4v) is 3.07. The van der Waals surface area contributed by atoms with Gasteiger partial charge >= 0.3 is 0 Å². The second kappa shape index (κ2) is 4.54. The standard InChI is InChI=1S/C14H8ClF2NS/c1-8-11-6-12(16)13(17)7-14(11)19-18(8)10-4-2-9(15)3-5-10/h2-7H,1H2. The summed E-state index contributed by atoms with van der Waals surface area (Å²) in [6.07, 6.45) is 0. The molecule has 2 aromatic rings. The van der Waals surface area contributed by atoms with Crippen molar-refractivity contribution < 1.29 is 8.78 Å². The van der Waals surface area contributed by atoms with E-state index in [1.807, 2.05) is 16.4 Å². The molecule has 0 bridgehead atoms. The first-order valence-corrected chi connectivity index (χ1v) is 6.63. The van der Waals surface area contributed by atoms with Gasteiger partial charge in [0.2, 0.25) is 0 Å². The van der Waals surface area contributed by atoms with Crippen molar-refractivity contribution in [2.45, 2.75) is 4.90 Å². The summed E-state index contributed by atoms with van der Waals surface area (Å²) in [6.45, 7) is 3.93. The lowest BCUT2D eigenvalue weighted by Gasteiger charge is -2.17. The summed E-state index contributed by atoms with van der Waals surface area (Å²) >= 11 is 7.15. The van der Waals surface area contributed by atoms with Crippen LogP contribution in [0.2, 0.25) is 5.02 Å². The number of hydrogen-bond donors (Lipinski definition) is 0. The van der Waals surface area contributed by atoms with Gasteiger partial charge in [-0.2, -0.15) is 0 Å². The highest BCUT2D eigenvalue weighted by Crippen LogP contribution is 2.46. The van der Waals surface area contributed by atoms with Crippen molar-refractivity contribution in [3.05, 3.63) is 65.2 Å². The van der Waals surface area contributed by atoms with Crippen LogP contribution in [0.25, 0.3) is 5.70 Å². The van der Waals surface area contributed by atoms with Crippen LogP contribution in [0.4, 0.5) is 14.5 Å². The van der Waals surface area contributed by atoms with Crippen molar-refractivity contribution in [3.8, 4) is 0 Å². The van der Waals surface area contributed by atoms with E-state index in [1.54, 1.807) is 12.1 Å². The zero-order valence-electron chi connectivity index (χ0n) is 9.66. The number of hydrogen-bond acceptors (Lipinski definition) is 2. The van der Waals surface area contributed by atoms with Crippen LogP contribution in [0.5, 0.6) is 0 Å². The Morgan fingerprint density at radius 3 is 2.37 bits per heavy atom. The highest BCUT2D eigenvalue weighted by atomic mass is 35.5. The maximum Gasteiger partial charge on any atom is 0.160 e. The summed E-state index contributed by atoms with van der Waals surface area (Å²) in [5.41, 5.74) is 2.09. The van der Waals surface area contributed by atoms with Crippen LogP contribution in [0.3, 0.4) is 0 Å². The van der Waals surface area contributed by atoms with Crippen LogP contribution in [-0.2, 0) is 0 Å². The van der Waals surface area contributed by atoms with Gasteiger partial charge in [0.05, 0.1) is 11.4 Å². The maximum absolute atomic E-state index is 13.3. The molecule has 0 N–H and O–H groups in total. The van der Waals surface area contributed by atoms with E-state index in [4.69, 9.17) is 11.6 Å². The smallest absolute Gasteiger partial charge is 0.160 e. The summed E-state index contributed by atoms with van der Waals surface area (Å²) < 4.78 is 28.3. The van der Waals surface area contributed by atoms with Crippen molar-refractivity contribution in [1.29, 1.82) is 0 Å². The van der Waals surface area contributed by atoms with Gasteiger partial charge in [-0.1, -0.05) is 18.2 Å². The molecule has 1 nitrogen and oxygen atoms in total. The SMILES string of the molecule is C=C1c2cc(F)c(F)cc2SN1c1ccc(Cl)cc1. The number of benzene rings is 2. The first-order valence-electron chi connectivity index (χ1n) is 5.48. The van der Waals surface area contributed by atoms with Gasteiger partial charge in [-0.25, -0.2) is 8.78 Å². The number of anilines is 1. The summed E-state index contributed by atoms with van der Waals surface area (Å²) in [6, 6.07) is 9.55. The molecule has 96 valence electrons. The third-order valence-corrected chi connectivity index (χ3v) is 4.23. The van der Waals surface area contributed by atoms with Crippen molar-refractivity contribution in [1.82, 2.24) is 0 Å². The van der Waals surface area contributed by atoms with Crippen molar-refractivity contribution in [2.24, 2.45) is 0 Å². The van der Waals surface area contributed by atoms with Crippen LogP contribution in [0.1, 0.15) is 5.56 Å². The molecular weight excluding hydrogens is 288 g/mol. The van der Waals surface area contributed by atoms with E-state index in [1.165, 1.54) is 24.1 Å². The minimum atomic E-state index is -0.863. The Labute approximate surface area is 118 Å². The number of nitrogens with zero attached hydrogens (tertiary/aromatic N) is 1. The molecule has 1 heterocycles. The van der Waals surface area contributed by atoms with Gasteiger partial charge < -0.3 is 0 Å². The highest BCUT2D eigenvalue weighted by Gasteiger charge is 2.26. The van der Waals surface area contributed by atoms with Gasteiger partial charge in [0.15, 0.2) is 11.6 Å². The Morgan fingerprint density at radius 2 is 1.68 bits per heavy atom. The van der Waals surface area contributed by atoms with Gasteiger partial charge in [-0.05, 0) is 48.3 Å². The highest BCUT2D eigenvalue weighted by molar-refractivity contribution is 8.01. The number of fused-ring (bicyclic) bond motifs is 1. The molecule has 0 aliphatic carbocycles. The molecule has 0 saturated carbocycles. The second-order valence-electron chi connectivity index (χ2n) is 4.07. The van der Waals surface area contributed by atoms with Crippen LogP contribution < -0.4 is 4.31 Å². The van der Waals surface area contributed by atoms with Crippen LogP contribution in [0, 0.1) is 11.6 Å². The summed E-state index contributed by atoms with van der Waals surface area (Å²) in [7, 11) is 0. The lowest BCUT2D eigenvalue weighted by molar-refractivity contribution is 0.505. The molecule has 1 aliphatic rings.